The van der Waals surface area contributed by atoms with Crippen LogP contribution in [0.4, 0.5) is 0 Å². The first kappa shape index (κ1) is 24.5. The minimum absolute atomic E-state index is 0.0265. The zero-order valence-electron chi connectivity index (χ0n) is 20.1. The number of H-pyrrole nitrogens is 1. The van der Waals surface area contributed by atoms with Gasteiger partial charge in [-0.05, 0) is 57.1 Å². The number of rotatable bonds is 9. The summed E-state index contributed by atoms with van der Waals surface area (Å²) in [6.07, 6.45) is 7.41. The summed E-state index contributed by atoms with van der Waals surface area (Å²) in [5, 5.41) is 36.3. The lowest BCUT2D eigenvalue weighted by Gasteiger charge is -2.32. The van der Waals surface area contributed by atoms with Crippen LogP contribution in [0.3, 0.4) is 0 Å². The molecule has 0 aliphatic heterocycles. The van der Waals surface area contributed by atoms with Crippen LogP contribution in [0, 0.1) is 5.92 Å². The van der Waals surface area contributed by atoms with Crippen molar-refractivity contribution in [3.05, 3.63) is 52.4 Å². The molecule has 0 saturated carbocycles. The number of aromatic hydroxyl groups is 2. The second-order valence-electron chi connectivity index (χ2n) is 9.17. The van der Waals surface area contributed by atoms with E-state index in [4.69, 9.17) is 0 Å². The molecule has 1 aliphatic rings. The third-order valence-corrected chi connectivity index (χ3v) is 6.49. The van der Waals surface area contributed by atoms with Gasteiger partial charge in [0.05, 0.1) is 12.1 Å². The van der Waals surface area contributed by atoms with E-state index in [1.165, 1.54) is 10.5 Å². The number of phenols is 2. The van der Waals surface area contributed by atoms with E-state index in [1.54, 1.807) is 13.1 Å². The van der Waals surface area contributed by atoms with Crippen molar-refractivity contribution in [2.75, 3.05) is 7.05 Å². The summed E-state index contributed by atoms with van der Waals surface area (Å²) in [5.41, 5.74) is 3.48. The average Bonchev–Trinajstić information content (AvgIpc) is 3.26. The molecule has 2 unspecified atom stereocenters. The molecule has 0 saturated heterocycles. The first-order valence-corrected chi connectivity index (χ1v) is 11.6. The zero-order valence-corrected chi connectivity index (χ0v) is 20.1. The molecule has 3 N–H and O–H groups in total. The molecular formula is C25H35N5O3. The number of amides is 1. The Bertz CT molecular complexity index is 1030. The molecule has 33 heavy (non-hydrogen) atoms. The topological polar surface area (TPSA) is 115 Å². The monoisotopic (exact) mass is 453 g/mol. The van der Waals surface area contributed by atoms with Gasteiger partial charge in [0.25, 0.3) is 5.91 Å². The molecule has 0 radical (unpaired) electrons. The largest absolute Gasteiger partial charge is 0.507 e. The SMILES string of the molecule is C=C(C)C1CCC(C)=CC1c1c(O)cc(CCCCC)c(C(=O)N(C)Cc2nn[nH]n2)c1O. The van der Waals surface area contributed by atoms with Gasteiger partial charge in [-0.1, -0.05) is 48.8 Å². The molecule has 0 bridgehead atoms. The molecular weight excluding hydrogens is 418 g/mol. The van der Waals surface area contributed by atoms with Gasteiger partial charge in [-0.3, -0.25) is 4.79 Å². The summed E-state index contributed by atoms with van der Waals surface area (Å²) in [5.74, 6) is -0.239. The first-order chi connectivity index (χ1) is 15.7. The fourth-order valence-electron chi connectivity index (χ4n) is 4.68. The van der Waals surface area contributed by atoms with Crippen LogP contribution in [-0.2, 0) is 13.0 Å². The molecule has 1 amide bonds. The minimum Gasteiger partial charge on any atom is -0.507 e. The van der Waals surface area contributed by atoms with Crippen molar-refractivity contribution in [1.82, 2.24) is 25.5 Å². The van der Waals surface area contributed by atoms with Gasteiger partial charge >= 0.3 is 0 Å². The van der Waals surface area contributed by atoms with Crippen molar-refractivity contribution >= 4 is 5.91 Å². The van der Waals surface area contributed by atoms with E-state index in [0.29, 0.717) is 23.4 Å². The van der Waals surface area contributed by atoms with Gasteiger partial charge in [0.2, 0.25) is 0 Å². The Hall–Kier alpha value is -3.16. The molecule has 0 fully saturated rings. The summed E-state index contributed by atoms with van der Waals surface area (Å²) in [6.45, 7) is 10.4. The lowest BCUT2D eigenvalue weighted by molar-refractivity contribution is 0.0777. The van der Waals surface area contributed by atoms with E-state index in [1.807, 2.05) is 6.92 Å². The van der Waals surface area contributed by atoms with Gasteiger partial charge in [-0.25, -0.2) is 0 Å². The third-order valence-electron chi connectivity index (χ3n) is 6.49. The van der Waals surface area contributed by atoms with Crippen molar-refractivity contribution in [1.29, 1.82) is 0 Å². The lowest BCUT2D eigenvalue weighted by Crippen LogP contribution is -2.28. The van der Waals surface area contributed by atoms with Crippen molar-refractivity contribution in [2.45, 2.75) is 71.8 Å². The number of allylic oxidation sites excluding steroid dienone is 3. The van der Waals surface area contributed by atoms with Gasteiger partial charge in [-0.15, -0.1) is 10.2 Å². The van der Waals surface area contributed by atoms with Gasteiger partial charge in [-0.2, -0.15) is 5.21 Å². The fraction of sp³-hybridized carbons (Fsp3) is 0.520. The maximum atomic E-state index is 13.5. The first-order valence-electron chi connectivity index (χ1n) is 11.6. The standard InChI is InChI=1S/C25H35N5O3/c1-6-7-8-9-17-13-20(31)23(19-12-16(4)10-11-18(19)15(2)3)24(32)22(17)25(33)30(5)14-21-26-28-29-27-21/h12-13,18-19,31-32H,2,6-11,14H2,1,3-5H3,(H,26,27,28,29). The van der Waals surface area contributed by atoms with Crippen molar-refractivity contribution in [3.63, 3.8) is 0 Å². The molecule has 2 atom stereocenters. The molecule has 0 spiro atoms. The number of phenolic OH excluding ortho intramolecular Hbond substituents is 2. The number of nitrogens with one attached hydrogen (secondary N) is 1. The minimum atomic E-state index is -0.339. The maximum absolute atomic E-state index is 13.5. The summed E-state index contributed by atoms with van der Waals surface area (Å²) >= 11 is 0. The van der Waals surface area contributed by atoms with Crippen LogP contribution < -0.4 is 0 Å². The number of nitrogens with zero attached hydrogens (tertiary/aromatic N) is 4. The number of aromatic nitrogens is 4. The average molecular weight is 454 g/mol. The molecule has 3 rings (SSSR count). The van der Waals surface area contributed by atoms with E-state index in [0.717, 1.165) is 37.7 Å². The lowest BCUT2D eigenvalue weighted by atomic mass is 9.73. The number of benzene rings is 1. The number of carbonyl (C=O) groups is 1. The molecule has 1 aromatic heterocycles. The zero-order chi connectivity index (χ0) is 24.1. The third kappa shape index (κ3) is 5.43. The number of hydrogen-bond acceptors (Lipinski definition) is 6. The second kappa shape index (κ2) is 10.6. The fourth-order valence-corrected chi connectivity index (χ4v) is 4.68. The summed E-state index contributed by atoms with van der Waals surface area (Å²) in [7, 11) is 1.64. The highest BCUT2D eigenvalue weighted by Crippen LogP contribution is 2.48. The van der Waals surface area contributed by atoms with Crippen molar-refractivity contribution in [3.8, 4) is 11.5 Å². The Morgan fingerprint density at radius 3 is 2.73 bits per heavy atom. The highest BCUT2D eigenvalue weighted by atomic mass is 16.3. The Morgan fingerprint density at radius 1 is 1.33 bits per heavy atom. The highest BCUT2D eigenvalue weighted by Gasteiger charge is 2.33. The van der Waals surface area contributed by atoms with Crippen LogP contribution in [0.25, 0.3) is 0 Å². The quantitative estimate of drug-likeness (QED) is 0.377. The number of unbranched alkanes of at least 4 members (excludes halogenated alkanes) is 2. The van der Waals surface area contributed by atoms with Crippen LogP contribution >= 0.6 is 0 Å². The van der Waals surface area contributed by atoms with Gasteiger partial charge in [0.15, 0.2) is 5.82 Å². The van der Waals surface area contributed by atoms with Gasteiger partial charge in [0, 0.05) is 18.5 Å². The maximum Gasteiger partial charge on any atom is 0.258 e. The summed E-state index contributed by atoms with van der Waals surface area (Å²) in [6, 6.07) is 1.66. The Morgan fingerprint density at radius 2 is 2.09 bits per heavy atom. The highest BCUT2D eigenvalue weighted by molar-refractivity contribution is 5.99. The Balaban J connectivity index is 2.09. The normalized spacial score (nSPS) is 18.1. The number of aryl methyl sites for hydroxylation is 1. The number of tetrazole rings is 1. The number of carbonyl (C=O) groups excluding carboxylic acids is 1. The molecule has 2 aromatic rings. The van der Waals surface area contributed by atoms with Crippen molar-refractivity contribution in [2.24, 2.45) is 5.92 Å². The van der Waals surface area contributed by atoms with E-state index in [2.05, 4.69) is 47.1 Å². The predicted molar refractivity (Wildman–Crippen MR) is 127 cm³/mol. The van der Waals surface area contributed by atoms with Crippen molar-refractivity contribution < 1.29 is 15.0 Å². The van der Waals surface area contributed by atoms with Crippen LogP contribution in [0.2, 0.25) is 0 Å². The molecule has 178 valence electrons. The predicted octanol–water partition coefficient (Wildman–Crippen LogP) is 4.63. The van der Waals surface area contributed by atoms with Crippen LogP contribution in [-0.4, -0.2) is 48.7 Å². The Kier molecular flexibility index (Phi) is 7.89. The molecule has 1 heterocycles. The molecule has 1 aromatic carbocycles. The van der Waals surface area contributed by atoms with E-state index in [-0.39, 0.29) is 41.4 Å². The van der Waals surface area contributed by atoms with Crippen LogP contribution in [0.1, 0.15) is 86.1 Å². The van der Waals surface area contributed by atoms with Crippen LogP contribution in [0.15, 0.2) is 29.9 Å². The van der Waals surface area contributed by atoms with Gasteiger partial charge < -0.3 is 15.1 Å². The van der Waals surface area contributed by atoms with Crippen LogP contribution in [0.5, 0.6) is 11.5 Å². The Labute approximate surface area is 195 Å². The molecule has 1 aliphatic carbocycles. The van der Waals surface area contributed by atoms with E-state index < -0.39 is 0 Å². The summed E-state index contributed by atoms with van der Waals surface area (Å²) < 4.78 is 0. The molecule has 8 heteroatoms. The second-order valence-corrected chi connectivity index (χ2v) is 9.17. The number of aromatic amines is 1. The molecule has 8 nitrogen and oxygen atoms in total. The smallest absolute Gasteiger partial charge is 0.258 e. The number of hydrogen-bond donors (Lipinski definition) is 3. The van der Waals surface area contributed by atoms with E-state index >= 15 is 0 Å². The van der Waals surface area contributed by atoms with Gasteiger partial charge in [0.1, 0.15) is 11.5 Å². The summed E-state index contributed by atoms with van der Waals surface area (Å²) in [4.78, 5) is 15.0. The van der Waals surface area contributed by atoms with E-state index in [9.17, 15) is 15.0 Å².